The minimum absolute atomic E-state index is 0.733. The standard InChI is InChI=1S/C9H12N6S/c1-6-13-7(10-2)4-8(14-6)16-9-11-5-12-15(9)3/h4-5H,1-3H3,(H,10,13,14). The molecule has 2 aromatic heterocycles. The highest BCUT2D eigenvalue weighted by molar-refractivity contribution is 7.99. The highest BCUT2D eigenvalue weighted by Gasteiger charge is 2.06. The van der Waals surface area contributed by atoms with Crippen LogP contribution in [0.2, 0.25) is 0 Å². The molecule has 0 saturated carbocycles. The smallest absolute Gasteiger partial charge is 0.192 e. The van der Waals surface area contributed by atoms with Gasteiger partial charge >= 0.3 is 0 Å². The quantitative estimate of drug-likeness (QED) is 0.805. The number of aryl methyl sites for hydroxylation is 2. The predicted molar refractivity (Wildman–Crippen MR) is 61.4 cm³/mol. The molecule has 0 aliphatic rings. The van der Waals surface area contributed by atoms with E-state index in [0.29, 0.717) is 0 Å². The highest BCUT2D eigenvalue weighted by Crippen LogP contribution is 2.24. The van der Waals surface area contributed by atoms with Gasteiger partial charge in [-0.3, -0.25) is 0 Å². The fourth-order valence-corrected chi connectivity index (χ4v) is 2.01. The molecule has 0 aliphatic carbocycles. The second-order valence-electron chi connectivity index (χ2n) is 3.16. The van der Waals surface area contributed by atoms with E-state index in [1.165, 1.54) is 18.1 Å². The van der Waals surface area contributed by atoms with Gasteiger partial charge in [0.25, 0.3) is 0 Å². The summed E-state index contributed by atoms with van der Waals surface area (Å²) >= 11 is 1.46. The SMILES string of the molecule is CNc1cc(Sc2ncnn2C)nc(C)n1. The van der Waals surface area contributed by atoms with Crippen molar-refractivity contribution in [1.29, 1.82) is 0 Å². The van der Waals surface area contributed by atoms with Crippen molar-refractivity contribution in [3.63, 3.8) is 0 Å². The highest BCUT2D eigenvalue weighted by atomic mass is 32.2. The van der Waals surface area contributed by atoms with Crippen molar-refractivity contribution in [3.05, 3.63) is 18.2 Å². The summed E-state index contributed by atoms with van der Waals surface area (Å²) in [5.41, 5.74) is 0. The Bertz CT molecular complexity index is 494. The van der Waals surface area contributed by atoms with Crippen molar-refractivity contribution >= 4 is 17.6 Å². The van der Waals surface area contributed by atoms with E-state index in [2.05, 4.69) is 25.4 Å². The van der Waals surface area contributed by atoms with Gasteiger partial charge in [0, 0.05) is 20.2 Å². The maximum atomic E-state index is 4.33. The summed E-state index contributed by atoms with van der Waals surface area (Å²) in [6.07, 6.45) is 1.52. The molecule has 84 valence electrons. The molecule has 2 rings (SSSR count). The molecule has 0 aromatic carbocycles. The van der Waals surface area contributed by atoms with Gasteiger partial charge in [-0.25, -0.2) is 19.6 Å². The van der Waals surface area contributed by atoms with Crippen LogP contribution in [0.4, 0.5) is 5.82 Å². The predicted octanol–water partition coefficient (Wildman–Crippen LogP) is 1.11. The van der Waals surface area contributed by atoms with Gasteiger partial charge in [-0.2, -0.15) is 5.10 Å². The Hall–Kier alpha value is -1.63. The molecule has 0 fully saturated rings. The van der Waals surface area contributed by atoms with E-state index in [-0.39, 0.29) is 0 Å². The molecule has 2 aromatic rings. The Kier molecular flexibility index (Phi) is 3.04. The summed E-state index contributed by atoms with van der Waals surface area (Å²) in [6.45, 7) is 1.86. The van der Waals surface area contributed by atoms with Crippen LogP contribution >= 0.6 is 11.8 Å². The number of rotatable bonds is 3. The number of aromatic nitrogens is 5. The van der Waals surface area contributed by atoms with Crippen LogP contribution < -0.4 is 5.32 Å². The minimum Gasteiger partial charge on any atom is -0.373 e. The van der Waals surface area contributed by atoms with E-state index in [0.717, 1.165) is 21.8 Å². The molecule has 2 heterocycles. The lowest BCUT2D eigenvalue weighted by atomic mass is 10.5. The molecule has 0 spiro atoms. The summed E-state index contributed by atoms with van der Waals surface area (Å²) in [7, 11) is 3.68. The fourth-order valence-electron chi connectivity index (χ4n) is 1.19. The molecule has 0 saturated heterocycles. The molecule has 0 atom stereocenters. The van der Waals surface area contributed by atoms with Gasteiger partial charge in [0.05, 0.1) is 0 Å². The number of nitrogens with one attached hydrogen (secondary N) is 1. The molecule has 16 heavy (non-hydrogen) atoms. The zero-order valence-corrected chi connectivity index (χ0v) is 10.1. The molecule has 0 aliphatic heterocycles. The van der Waals surface area contributed by atoms with Crippen molar-refractivity contribution in [1.82, 2.24) is 24.7 Å². The Balaban J connectivity index is 2.28. The molecule has 0 amide bonds. The van der Waals surface area contributed by atoms with Crippen LogP contribution in [0.1, 0.15) is 5.82 Å². The summed E-state index contributed by atoms with van der Waals surface area (Å²) in [4.78, 5) is 12.7. The monoisotopic (exact) mass is 236 g/mol. The van der Waals surface area contributed by atoms with Crippen molar-refractivity contribution in [2.75, 3.05) is 12.4 Å². The van der Waals surface area contributed by atoms with Gasteiger partial charge < -0.3 is 5.32 Å². The second kappa shape index (κ2) is 4.48. The van der Waals surface area contributed by atoms with Crippen molar-refractivity contribution in [2.45, 2.75) is 17.1 Å². The first-order chi connectivity index (χ1) is 7.69. The summed E-state index contributed by atoms with van der Waals surface area (Å²) in [5, 5.41) is 8.66. The largest absolute Gasteiger partial charge is 0.373 e. The first kappa shape index (κ1) is 10.9. The van der Waals surface area contributed by atoms with E-state index in [4.69, 9.17) is 0 Å². The summed E-state index contributed by atoms with van der Waals surface area (Å²) < 4.78 is 1.71. The molecular formula is C9H12N6S. The third kappa shape index (κ3) is 2.30. The normalized spacial score (nSPS) is 10.4. The van der Waals surface area contributed by atoms with Crippen molar-refractivity contribution in [3.8, 4) is 0 Å². The van der Waals surface area contributed by atoms with E-state index in [1.807, 2.05) is 27.1 Å². The minimum atomic E-state index is 0.733. The summed E-state index contributed by atoms with van der Waals surface area (Å²) in [5.74, 6) is 1.54. The van der Waals surface area contributed by atoms with Crippen LogP contribution in [0.5, 0.6) is 0 Å². The topological polar surface area (TPSA) is 68.5 Å². The zero-order valence-electron chi connectivity index (χ0n) is 9.30. The molecule has 0 unspecified atom stereocenters. The lowest BCUT2D eigenvalue weighted by molar-refractivity contribution is 0.684. The van der Waals surface area contributed by atoms with E-state index in [1.54, 1.807) is 4.68 Å². The zero-order chi connectivity index (χ0) is 11.5. The van der Waals surface area contributed by atoms with Crippen LogP contribution in [-0.2, 0) is 7.05 Å². The Morgan fingerprint density at radius 1 is 1.38 bits per heavy atom. The third-order valence-electron chi connectivity index (χ3n) is 1.94. The fraction of sp³-hybridized carbons (Fsp3) is 0.333. The lowest BCUT2D eigenvalue weighted by Gasteiger charge is -2.04. The molecule has 6 nitrogen and oxygen atoms in total. The van der Waals surface area contributed by atoms with E-state index in [9.17, 15) is 0 Å². The number of nitrogens with zero attached hydrogens (tertiary/aromatic N) is 5. The summed E-state index contributed by atoms with van der Waals surface area (Å²) in [6, 6.07) is 1.88. The molecule has 0 bridgehead atoms. The van der Waals surface area contributed by atoms with Crippen molar-refractivity contribution in [2.24, 2.45) is 7.05 Å². The third-order valence-corrected chi connectivity index (χ3v) is 2.91. The van der Waals surface area contributed by atoms with Crippen LogP contribution in [0, 0.1) is 6.92 Å². The Morgan fingerprint density at radius 3 is 2.81 bits per heavy atom. The average molecular weight is 236 g/mol. The second-order valence-corrected chi connectivity index (χ2v) is 4.14. The number of hydrogen-bond acceptors (Lipinski definition) is 6. The van der Waals surface area contributed by atoms with Crippen LogP contribution in [-0.4, -0.2) is 31.8 Å². The van der Waals surface area contributed by atoms with Gasteiger partial charge in [0.2, 0.25) is 0 Å². The number of hydrogen-bond donors (Lipinski definition) is 1. The van der Waals surface area contributed by atoms with Gasteiger partial charge in [0.15, 0.2) is 5.16 Å². The molecule has 1 N–H and O–H groups in total. The van der Waals surface area contributed by atoms with Gasteiger partial charge in [-0.1, -0.05) is 0 Å². The maximum absolute atomic E-state index is 4.33. The Labute approximate surface area is 97.5 Å². The first-order valence-corrected chi connectivity index (χ1v) is 5.56. The molecule has 7 heteroatoms. The van der Waals surface area contributed by atoms with E-state index < -0.39 is 0 Å². The van der Waals surface area contributed by atoms with E-state index >= 15 is 0 Å². The van der Waals surface area contributed by atoms with Crippen LogP contribution in [0.25, 0.3) is 0 Å². The van der Waals surface area contributed by atoms with Crippen LogP contribution in [0.3, 0.4) is 0 Å². The van der Waals surface area contributed by atoms with Gasteiger partial charge in [-0.15, -0.1) is 0 Å². The first-order valence-electron chi connectivity index (χ1n) is 4.74. The molecular weight excluding hydrogens is 224 g/mol. The molecule has 0 radical (unpaired) electrons. The van der Waals surface area contributed by atoms with Gasteiger partial charge in [0.1, 0.15) is 23.0 Å². The lowest BCUT2D eigenvalue weighted by Crippen LogP contribution is -1.98. The van der Waals surface area contributed by atoms with Crippen LogP contribution in [0.15, 0.2) is 22.6 Å². The van der Waals surface area contributed by atoms with Crippen molar-refractivity contribution < 1.29 is 0 Å². The maximum Gasteiger partial charge on any atom is 0.192 e. The Morgan fingerprint density at radius 2 is 2.19 bits per heavy atom. The van der Waals surface area contributed by atoms with Gasteiger partial charge in [-0.05, 0) is 18.7 Å². The average Bonchev–Trinajstić information content (AvgIpc) is 2.63. The number of anilines is 1.